The second-order valence-corrected chi connectivity index (χ2v) is 4.57. The molecule has 0 radical (unpaired) electrons. The summed E-state index contributed by atoms with van der Waals surface area (Å²) in [6.45, 7) is 1.60. The molecule has 0 spiro atoms. The zero-order chi connectivity index (χ0) is 13.6. The number of nitrogens with zero attached hydrogens (tertiary/aromatic N) is 4. The topological polar surface area (TPSA) is 47.7 Å². The van der Waals surface area contributed by atoms with E-state index in [0.717, 1.165) is 13.1 Å². The highest BCUT2D eigenvalue weighted by Crippen LogP contribution is 2.07. The Hall–Kier alpha value is -2.40. The van der Waals surface area contributed by atoms with Crippen LogP contribution in [0.2, 0.25) is 0 Å². The third-order valence-electron chi connectivity index (χ3n) is 3.16. The maximum absolute atomic E-state index is 4.31. The Labute approximate surface area is 117 Å². The maximum Gasteiger partial charge on any atom is 0.155 e. The van der Waals surface area contributed by atoms with Gasteiger partial charge in [-0.15, -0.1) is 0 Å². The molecule has 20 heavy (non-hydrogen) atoms. The number of nitrogens with one attached hydrogen (secondary N) is 1. The molecule has 2 aromatic heterocycles. The van der Waals surface area contributed by atoms with Crippen molar-refractivity contribution in [3.63, 3.8) is 0 Å². The van der Waals surface area contributed by atoms with Gasteiger partial charge < -0.3 is 5.32 Å². The molecule has 0 aliphatic heterocycles. The van der Waals surface area contributed by atoms with E-state index in [9.17, 15) is 0 Å². The predicted molar refractivity (Wildman–Crippen MR) is 77.0 cm³/mol. The smallest absolute Gasteiger partial charge is 0.155 e. The van der Waals surface area contributed by atoms with Gasteiger partial charge >= 0.3 is 0 Å². The lowest BCUT2D eigenvalue weighted by atomic mass is 10.2. The van der Waals surface area contributed by atoms with E-state index in [4.69, 9.17) is 0 Å². The SMILES string of the molecule is c1ccc(CNCC(n2cccn2)n2cccn2)cc1. The maximum atomic E-state index is 4.31. The monoisotopic (exact) mass is 267 g/mol. The summed E-state index contributed by atoms with van der Waals surface area (Å²) in [5, 5.41) is 12.1. The first kappa shape index (κ1) is 12.6. The van der Waals surface area contributed by atoms with Crippen molar-refractivity contribution in [1.29, 1.82) is 0 Å². The van der Waals surface area contributed by atoms with Crippen LogP contribution in [0.5, 0.6) is 0 Å². The summed E-state index contributed by atoms with van der Waals surface area (Å²) in [6.07, 6.45) is 7.53. The van der Waals surface area contributed by atoms with Crippen LogP contribution in [0.15, 0.2) is 67.3 Å². The number of rotatable bonds is 6. The summed E-state index contributed by atoms with van der Waals surface area (Å²) < 4.78 is 3.82. The summed E-state index contributed by atoms with van der Waals surface area (Å²) in [4.78, 5) is 0. The molecule has 0 saturated carbocycles. The van der Waals surface area contributed by atoms with Crippen LogP contribution in [0.1, 0.15) is 11.7 Å². The Morgan fingerprint density at radius 1 is 0.900 bits per heavy atom. The van der Waals surface area contributed by atoms with Gasteiger partial charge in [0.2, 0.25) is 0 Å². The minimum Gasteiger partial charge on any atom is -0.309 e. The molecule has 102 valence electrons. The molecular weight excluding hydrogens is 250 g/mol. The third kappa shape index (κ3) is 2.95. The van der Waals surface area contributed by atoms with Crippen LogP contribution in [-0.2, 0) is 6.54 Å². The van der Waals surface area contributed by atoms with Crippen molar-refractivity contribution < 1.29 is 0 Å². The van der Waals surface area contributed by atoms with Crippen molar-refractivity contribution >= 4 is 0 Å². The molecule has 0 aliphatic carbocycles. The molecule has 2 heterocycles. The van der Waals surface area contributed by atoms with E-state index in [1.54, 1.807) is 12.4 Å². The highest BCUT2D eigenvalue weighted by Gasteiger charge is 2.12. The normalized spacial score (nSPS) is 11.1. The molecule has 0 saturated heterocycles. The first-order valence-electron chi connectivity index (χ1n) is 6.66. The lowest BCUT2D eigenvalue weighted by Gasteiger charge is -2.19. The van der Waals surface area contributed by atoms with Crippen LogP contribution in [0, 0.1) is 0 Å². The van der Waals surface area contributed by atoms with Gasteiger partial charge in [0.1, 0.15) is 0 Å². The Balaban J connectivity index is 1.66. The quantitative estimate of drug-likeness (QED) is 0.742. The van der Waals surface area contributed by atoms with Gasteiger partial charge in [0.15, 0.2) is 6.17 Å². The Morgan fingerprint density at radius 3 is 2.10 bits per heavy atom. The van der Waals surface area contributed by atoms with Crippen molar-refractivity contribution in [2.24, 2.45) is 0 Å². The Kier molecular flexibility index (Phi) is 3.89. The zero-order valence-corrected chi connectivity index (χ0v) is 11.1. The molecule has 0 amide bonds. The molecule has 0 aliphatic rings. The van der Waals surface area contributed by atoms with Crippen LogP contribution < -0.4 is 5.32 Å². The van der Waals surface area contributed by atoms with Crippen molar-refractivity contribution in [3.8, 4) is 0 Å². The molecule has 5 heteroatoms. The van der Waals surface area contributed by atoms with E-state index < -0.39 is 0 Å². The lowest BCUT2D eigenvalue weighted by Crippen LogP contribution is -2.30. The van der Waals surface area contributed by atoms with Gasteiger partial charge in [-0.25, -0.2) is 9.36 Å². The van der Waals surface area contributed by atoms with E-state index in [1.807, 2.05) is 40.0 Å². The summed E-state index contributed by atoms with van der Waals surface area (Å²) in [6, 6.07) is 14.2. The molecule has 0 unspecified atom stereocenters. The van der Waals surface area contributed by atoms with Gasteiger partial charge in [-0.1, -0.05) is 30.3 Å². The van der Waals surface area contributed by atoms with Crippen molar-refractivity contribution in [1.82, 2.24) is 24.9 Å². The number of aromatic nitrogens is 4. The van der Waals surface area contributed by atoms with Crippen LogP contribution in [0.4, 0.5) is 0 Å². The third-order valence-corrected chi connectivity index (χ3v) is 3.16. The van der Waals surface area contributed by atoms with Crippen molar-refractivity contribution in [2.75, 3.05) is 6.54 Å². The largest absolute Gasteiger partial charge is 0.309 e. The van der Waals surface area contributed by atoms with Crippen LogP contribution >= 0.6 is 0 Å². The number of hydrogen-bond acceptors (Lipinski definition) is 3. The minimum absolute atomic E-state index is 0.0451. The Morgan fingerprint density at radius 2 is 1.55 bits per heavy atom. The van der Waals surface area contributed by atoms with E-state index >= 15 is 0 Å². The molecule has 5 nitrogen and oxygen atoms in total. The molecule has 0 fully saturated rings. The van der Waals surface area contributed by atoms with Crippen LogP contribution in [0.25, 0.3) is 0 Å². The predicted octanol–water partition coefficient (Wildman–Crippen LogP) is 1.92. The second kappa shape index (κ2) is 6.16. The molecule has 3 rings (SSSR count). The fourth-order valence-electron chi connectivity index (χ4n) is 2.16. The van der Waals surface area contributed by atoms with Gasteiger partial charge in [-0.2, -0.15) is 10.2 Å². The van der Waals surface area contributed by atoms with Crippen molar-refractivity contribution in [2.45, 2.75) is 12.7 Å². The average molecular weight is 267 g/mol. The van der Waals surface area contributed by atoms with Gasteiger partial charge in [0.05, 0.1) is 0 Å². The molecule has 1 N–H and O–H groups in total. The number of benzene rings is 1. The van der Waals surface area contributed by atoms with Gasteiger partial charge in [-0.3, -0.25) is 0 Å². The lowest BCUT2D eigenvalue weighted by molar-refractivity contribution is 0.341. The summed E-state index contributed by atoms with van der Waals surface area (Å²) >= 11 is 0. The summed E-state index contributed by atoms with van der Waals surface area (Å²) in [7, 11) is 0. The minimum atomic E-state index is 0.0451. The summed E-state index contributed by atoms with van der Waals surface area (Å²) in [5.41, 5.74) is 1.27. The zero-order valence-electron chi connectivity index (χ0n) is 11.1. The molecule has 0 atom stereocenters. The van der Waals surface area contributed by atoms with Gasteiger partial charge in [0, 0.05) is 37.9 Å². The van der Waals surface area contributed by atoms with Crippen LogP contribution in [0.3, 0.4) is 0 Å². The second-order valence-electron chi connectivity index (χ2n) is 4.57. The Bertz CT molecular complexity index is 567. The van der Waals surface area contributed by atoms with Gasteiger partial charge in [0.25, 0.3) is 0 Å². The average Bonchev–Trinajstić information content (AvgIpc) is 3.18. The van der Waals surface area contributed by atoms with E-state index in [1.165, 1.54) is 5.56 Å². The van der Waals surface area contributed by atoms with Gasteiger partial charge in [-0.05, 0) is 17.7 Å². The first-order chi connectivity index (χ1) is 9.93. The standard InChI is InChI=1S/C15H17N5/c1-2-6-14(7-3-1)12-16-13-15(19-10-4-8-17-19)20-11-5-9-18-20/h1-11,15-16H,12-13H2. The highest BCUT2D eigenvalue weighted by atomic mass is 15.4. The molecule has 3 aromatic rings. The first-order valence-corrected chi connectivity index (χ1v) is 6.66. The molecule has 1 aromatic carbocycles. The number of hydrogen-bond donors (Lipinski definition) is 1. The fourth-order valence-corrected chi connectivity index (χ4v) is 2.16. The van der Waals surface area contributed by atoms with E-state index in [-0.39, 0.29) is 6.17 Å². The molecule has 0 bridgehead atoms. The molecular formula is C15H17N5. The van der Waals surface area contributed by atoms with E-state index in [0.29, 0.717) is 0 Å². The fraction of sp³-hybridized carbons (Fsp3) is 0.200. The highest BCUT2D eigenvalue weighted by molar-refractivity contribution is 5.14. The van der Waals surface area contributed by atoms with E-state index in [2.05, 4.69) is 39.8 Å². The van der Waals surface area contributed by atoms with Crippen LogP contribution in [-0.4, -0.2) is 26.1 Å². The van der Waals surface area contributed by atoms with Crippen molar-refractivity contribution in [3.05, 3.63) is 72.8 Å². The summed E-state index contributed by atoms with van der Waals surface area (Å²) in [5.74, 6) is 0.